The van der Waals surface area contributed by atoms with Crippen LogP contribution in [-0.2, 0) is 6.54 Å². The van der Waals surface area contributed by atoms with E-state index in [1.54, 1.807) is 0 Å². The van der Waals surface area contributed by atoms with Gasteiger partial charge in [0.1, 0.15) is 0 Å². The molecule has 1 aliphatic rings. The molecule has 0 amide bonds. The molecule has 1 fully saturated rings. The molecule has 1 aromatic carbocycles. The lowest BCUT2D eigenvalue weighted by molar-refractivity contribution is -0.125. The van der Waals surface area contributed by atoms with Crippen molar-refractivity contribution < 1.29 is 13.2 Å². The van der Waals surface area contributed by atoms with E-state index < -0.39 is 12.7 Å². The van der Waals surface area contributed by atoms with Gasteiger partial charge in [0.05, 0.1) is 6.54 Å². The van der Waals surface area contributed by atoms with Crippen LogP contribution >= 0.6 is 11.6 Å². The van der Waals surface area contributed by atoms with Gasteiger partial charge in [0.2, 0.25) is 0 Å². The summed E-state index contributed by atoms with van der Waals surface area (Å²) in [5, 5.41) is 3.23. The Balaban J connectivity index is 1.87. The average molecular weight is 321 g/mol. The van der Waals surface area contributed by atoms with Gasteiger partial charge in [0.15, 0.2) is 0 Å². The fourth-order valence-corrected chi connectivity index (χ4v) is 2.83. The third-order valence-electron chi connectivity index (χ3n) is 3.75. The van der Waals surface area contributed by atoms with E-state index in [1.165, 1.54) is 0 Å². The van der Waals surface area contributed by atoms with Crippen molar-refractivity contribution >= 4 is 11.6 Å². The van der Waals surface area contributed by atoms with Crippen LogP contribution in [0.4, 0.5) is 13.2 Å². The van der Waals surface area contributed by atoms with Crippen LogP contribution in [0.25, 0.3) is 0 Å². The number of nitrogens with one attached hydrogen (secondary N) is 1. The van der Waals surface area contributed by atoms with Crippen LogP contribution in [0.1, 0.15) is 24.8 Å². The summed E-state index contributed by atoms with van der Waals surface area (Å²) in [5.74, 6) is 0. The predicted molar refractivity (Wildman–Crippen MR) is 78.4 cm³/mol. The summed E-state index contributed by atoms with van der Waals surface area (Å²) in [5.41, 5.74) is 1.14. The lowest BCUT2D eigenvalue weighted by Crippen LogP contribution is -2.46. The zero-order chi connectivity index (χ0) is 15.3. The monoisotopic (exact) mass is 320 g/mol. The van der Waals surface area contributed by atoms with Gasteiger partial charge in [0, 0.05) is 24.2 Å². The lowest BCUT2D eigenvalue weighted by atomic mass is 10.0. The highest BCUT2D eigenvalue weighted by molar-refractivity contribution is 6.30. The summed E-state index contributed by atoms with van der Waals surface area (Å²) in [6.45, 7) is 1.15. The molecular weight excluding hydrogens is 301 g/mol. The van der Waals surface area contributed by atoms with Crippen molar-refractivity contribution in [1.82, 2.24) is 10.2 Å². The van der Waals surface area contributed by atoms with Crippen molar-refractivity contribution in [2.75, 3.05) is 19.6 Å². The Morgan fingerprint density at radius 3 is 2.57 bits per heavy atom. The molecule has 1 atom stereocenters. The molecule has 21 heavy (non-hydrogen) atoms. The highest BCUT2D eigenvalue weighted by Crippen LogP contribution is 2.20. The van der Waals surface area contributed by atoms with Gasteiger partial charge < -0.3 is 5.32 Å². The molecule has 1 saturated heterocycles. The van der Waals surface area contributed by atoms with Crippen molar-refractivity contribution in [3.05, 3.63) is 34.9 Å². The summed E-state index contributed by atoms with van der Waals surface area (Å²) in [6, 6.07) is 7.79. The van der Waals surface area contributed by atoms with Gasteiger partial charge in [-0.2, -0.15) is 13.2 Å². The lowest BCUT2D eigenvalue weighted by Gasteiger charge is -2.36. The first-order valence-electron chi connectivity index (χ1n) is 7.20. The standard InChI is InChI=1S/C15H20ClF3N2/c16-13-6-4-12(5-7-13)10-21-8-2-1-3-14(21)9-20-11-15(17,18)19/h4-7,14,20H,1-3,8-11H2. The van der Waals surface area contributed by atoms with E-state index in [2.05, 4.69) is 10.2 Å². The van der Waals surface area contributed by atoms with Gasteiger partial charge in [-0.05, 0) is 37.1 Å². The maximum absolute atomic E-state index is 12.2. The maximum atomic E-state index is 12.2. The minimum absolute atomic E-state index is 0.164. The van der Waals surface area contributed by atoms with Gasteiger partial charge in [-0.3, -0.25) is 4.90 Å². The zero-order valence-electron chi connectivity index (χ0n) is 11.8. The van der Waals surface area contributed by atoms with E-state index in [1.807, 2.05) is 24.3 Å². The number of hydrogen-bond donors (Lipinski definition) is 1. The molecule has 1 aliphatic heterocycles. The highest BCUT2D eigenvalue weighted by atomic mass is 35.5. The second-order valence-electron chi connectivity index (χ2n) is 5.49. The summed E-state index contributed by atoms with van der Waals surface area (Å²) in [4.78, 5) is 2.26. The molecule has 0 aromatic heterocycles. The first-order chi connectivity index (χ1) is 9.94. The molecule has 118 valence electrons. The van der Waals surface area contributed by atoms with Crippen LogP contribution in [0.2, 0.25) is 5.02 Å². The normalized spacial score (nSPS) is 20.7. The third kappa shape index (κ3) is 5.85. The Labute approximate surface area is 128 Å². The number of rotatable bonds is 5. The fraction of sp³-hybridized carbons (Fsp3) is 0.600. The molecule has 2 rings (SSSR count). The molecule has 0 saturated carbocycles. The quantitative estimate of drug-likeness (QED) is 0.886. The van der Waals surface area contributed by atoms with Crippen LogP contribution in [0, 0.1) is 0 Å². The summed E-state index contributed by atoms with van der Waals surface area (Å²) < 4.78 is 36.6. The molecule has 0 radical (unpaired) electrons. The first kappa shape index (κ1) is 16.6. The summed E-state index contributed by atoms with van der Waals surface area (Å²) in [7, 11) is 0. The van der Waals surface area contributed by atoms with Crippen molar-refractivity contribution in [1.29, 1.82) is 0 Å². The predicted octanol–water partition coefficient (Wildman–Crippen LogP) is 3.85. The Morgan fingerprint density at radius 1 is 1.19 bits per heavy atom. The minimum Gasteiger partial charge on any atom is -0.307 e. The van der Waals surface area contributed by atoms with E-state index in [0.717, 1.165) is 37.9 Å². The number of likely N-dealkylation sites (tertiary alicyclic amines) is 1. The molecule has 0 bridgehead atoms. The highest BCUT2D eigenvalue weighted by Gasteiger charge is 2.28. The Hall–Kier alpha value is -0.780. The fourth-order valence-electron chi connectivity index (χ4n) is 2.70. The van der Waals surface area contributed by atoms with E-state index >= 15 is 0 Å². The molecule has 1 aromatic rings. The SMILES string of the molecule is FC(F)(F)CNCC1CCCCN1Cc1ccc(Cl)cc1. The number of halogens is 4. The smallest absolute Gasteiger partial charge is 0.307 e. The van der Waals surface area contributed by atoms with Gasteiger partial charge >= 0.3 is 6.18 Å². The largest absolute Gasteiger partial charge is 0.401 e. The number of nitrogens with zero attached hydrogens (tertiary/aromatic N) is 1. The first-order valence-corrected chi connectivity index (χ1v) is 7.58. The van der Waals surface area contributed by atoms with Crippen molar-refractivity contribution in [2.45, 2.75) is 38.0 Å². The molecule has 1 unspecified atom stereocenters. The summed E-state index contributed by atoms with van der Waals surface area (Å²) in [6.07, 6.45) is -1.02. The van der Waals surface area contributed by atoms with Crippen LogP contribution in [0.15, 0.2) is 24.3 Å². The van der Waals surface area contributed by atoms with Crippen molar-refractivity contribution in [3.8, 4) is 0 Å². The molecule has 2 nitrogen and oxygen atoms in total. The Kier molecular flexibility index (Phi) is 5.90. The van der Waals surface area contributed by atoms with E-state index in [9.17, 15) is 13.2 Å². The van der Waals surface area contributed by atoms with Crippen LogP contribution < -0.4 is 5.32 Å². The molecule has 1 heterocycles. The van der Waals surface area contributed by atoms with Gasteiger partial charge in [0.25, 0.3) is 0 Å². The maximum Gasteiger partial charge on any atom is 0.401 e. The average Bonchev–Trinajstić information content (AvgIpc) is 2.42. The van der Waals surface area contributed by atoms with E-state index in [-0.39, 0.29) is 6.04 Å². The second kappa shape index (κ2) is 7.47. The molecule has 0 spiro atoms. The number of benzene rings is 1. The Morgan fingerprint density at radius 2 is 1.90 bits per heavy atom. The van der Waals surface area contributed by atoms with Gasteiger partial charge in [-0.15, -0.1) is 0 Å². The van der Waals surface area contributed by atoms with E-state index in [0.29, 0.717) is 11.6 Å². The topological polar surface area (TPSA) is 15.3 Å². The van der Waals surface area contributed by atoms with Crippen LogP contribution in [-0.4, -0.2) is 36.8 Å². The third-order valence-corrected chi connectivity index (χ3v) is 4.01. The number of piperidine rings is 1. The Bertz CT molecular complexity index is 434. The van der Waals surface area contributed by atoms with Crippen molar-refractivity contribution in [3.63, 3.8) is 0 Å². The molecule has 1 N–H and O–H groups in total. The number of hydrogen-bond acceptors (Lipinski definition) is 2. The van der Waals surface area contributed by atoms with Crippen LogP contribution in [0.5, 0.6) is 0 Å². The van der Waals surface area contributed by atoms with Crippen molar-refractivity contribution in [2.24, 2.45) is 0 Å². The minimum atomic E-state index is -4.14. The second-order valence-corrected chi connectivity index (χ2v) is 5.93. The van der Waals surface area contributed by atoms with Crippen LogP contribution in [0.3, 0.4) is 0 Å². The van der Waals surface area contributed by atoms with Gasteiger partial charge in [-0.25, -0.2) is 0 Å². The number of alkyl halides is 3. The van der Waals surface area contributed by atoms with E-state index in [4.69, 9.17) is 11.6 Å². The zero-order valence-corrected chi connectivity index (χ0v) is 12.6. The molecule has 0 aliphatic carbocycles. The van der Waals surface area contributed by atoms with Gasteiger partial charge in [-0.1, -0.05) is 30.2 Å². The summed E-state index contributed by atoms with van der Waals surface area (Å²) >= 11 is 5.86. The molecular formula is C15H20ClF3N2. The molecule has 6 heteroatoms.